The smallest absolute Gasteiger partial charge is 0.245 e. The predicted molar refractivity (Wildman–Crippen MR) is 78.8 cm³/mol. The maximum atomic E-state index is 11.5. The van der Waals surface area contributed by atoms with E-state index in [-0.39, 0.29) is 5.91 Å². The highest BCUT2D eigenvalue weighted by Crippen LogP contribution is 2.29. The van der Waals surface area contributed by atoms with Gasteiger partial charge < -0.3 is 11.1 Å². The molecule has 3 N–H and O–H groups in total. The van der Waals surface area contributed by atoms with E-state index in [4.69, 9.17) is 5.73 Å². The summed E-state index contributed by atoms with van der Waals surface area (Å²) in [5.74, 6) is -0.384. The van der Waals surface area contributed by atoms with Gasteiger partial charge in [0.2, 0.25) is 5.91 Å². The van der Waals surface area contributed by atoms with Crippen LogP contribution in [0, 0.1) is 6.92 Å². The van der Waals surface area contributed by atoms with Gasteiger partial charge in [-0.15, -0.1) is 11.3 Å². The van der Waals surface area contributed by atoms with Gasteiger partial charge in [0.15, 0.2) is 0 Å². The lowest BCUT2D eigenvalue weighted by molar-refractivity contribution is -0.118. The normalized spacial score (nSPS) is 12.1. The Balaban J connectivity index is 2.22. The molecule has 0 aliphatic heterocycles. The highest BCUT2D eigenvalue weighted by atomic mass is 79.9. The summed E-state index contributed by atoms with van der Waals surface area (Å²) < 4.78 is 0.981. The number of amides is 1. The molecule has 0 aliphatic carbocycles. The van der Waals surface area contributed by atoms with Crippen molar-refractivity contribution in [2.45, 2.75) is 13.0 Å². The maximum Gasteiger partial charge on any atom is 0.245 e. The fraction of sp³-hybridized carbons (Fsp3) is 0.154. The second-order valence-corrected chi connectivity index (χ2v) is 6.48. The van der Waals surface area contributed by atoms with E-state index >= 15 is 0 Å². The number of carbonyl (C=O) groups is 1. The molecule has 2 rings (SSSR count). The van der Waals surface area contributed by atoms with E-state index in [0.717, 1.165) is 14.4 Å². The highest BCUT2D eigenvalue weighted by molar-refractivity contribution is 9.11. The minimum Gasteiger partial charge on any atom is -0.369 e. The molecule has 3 nitrogen and oxygen atoms in total. The Morgan fingerprint density at radius 3 is 2.44 bits per heavy atom. The number of anilines is 1. The summed E-state index contributed by atoms with van der Waals surface area (Å²) in [6, 6.07) is 11.2. The van der Waals surface area contributed by atoms with Crippen molar-refractivity contribution in [3.63, 3.8) is 0 Å². The molecule has 0 saturated carbocycles. The van der Waals surface area contributed by atoms with E-state index in [2.05, 4.69) is 21.2 Å². The van der Waals surface area contributed by atoms with Crippen LogP contribution in [0.25, 0.3) is 0 Å². The zero-order valence-corrected chi connectivity index (χ0v) is 12.2. The molecule has 2 aromatic rings. The van der Waals surface area contributed by atoms with Crippen LogP contribution in [0.4, 0.5) is 5.69 Å². The van der Waals surface area contributed by atoms with Crippen molar-refractivity contribution in [1.29, 1.82) is 0 Å². The molecule has 0 aliphatic rings. The number of carbonyl (C=O) groups excluding carboxylic acids is 1. The highest BCUT2D eigenvalue weighted by Gasteiger charge is 2.19. The lowest BCUT2D eigenvalue weighted by atomic mass is 10.2. The lowest BCUT2D eigenvalue weighted by Crippen LogP contribution is -2.26. The zero-order valence-electron chi connectivity index (χ0n) is 9.81. The summed E-state index contributed by atoms with van der Waals surface area (Å²) in [6.45, 7) is 2.02. The zero-order chi connectivity index (χ0) is 13.1. The Labute approximate surface area is 118 Å². The van der Waals surface area contributed by atoms with Crippen LogP contribution in [-0.4, -0.2) is 5.91 Å². The third-order valence-electron chi connectivity index (χ3n) is 2.53. The Morgan fingerprint density at radius 2 is 1.94 bits per heavy atom. The second-order valence-electron chi connectivity index (χ2n) is 3.99. The van der Waals surface area contributed by atoms with E-state index in [1.54, 1.807) is 0 Å². The summed E-state index contributed by atoms with van der Waals surface area (Å²) in [6.07, 6.45) is 0. The number of halogens is 1. The van der Waals surface area contributed by atoms with E-state index < -0.39 is 6.04 Å². The van der Waals surface area contributed by atoms with Crippen LogP contribution in [0.5, 0.6) is 0 Å². The van der Waals surface area contributed by atoms with Crippen LogP contribution in [0.3, 0.4) is 0 Å². The average molecular weight is 325 g/mol. The average Bonchev–Trinajstić information content (AvgIpc) is 2.74. The molecular formula is C13H13BrN2OS. The van der Waals surface area contributed by atoms with Gasteiger partial charge in [-0.05, 0) is 47.1 Å². The third-order valence-corrected chi connectivity index (χ3v) is 4.21. The van der Waals surface area contributed by atoms with Gasteiger partial charge in [-0.1, -0.05) is 17.7 Å². The van der Waals surface area contributed by atoms with Crippen molar-refractivity contribution in [3.05, 3.63) is 50.6 Å². The van der Waals surface area contributed by atoms with Crippen LogP contribution in [0.15, 0.2) is 40.2 Å². The predicted octanol–water partition coefficient (Wildman–Crippen LogP) is 3.46. The van der Waals surface area contributed by atoms with Crippen molar-refractivity contribution in [2.75, 3.05) is 5.32 Å². The third kappa shape index (κ3) is 3.11. The molecule has 5 heteroatoms. The van der Waals surface area contributed by atoms with Gasteiger partial charge in [-0.25, -0.2) is 0 Å². The minimum atomic E-state index is -0.496. The number of thiophene rings is 1. The maximum absolute atomic E-state index is 11.5. The summed E-state index contributed by atoms with van der Waals surface area (Å²) in [7, 11) is 0. The number of hydrogen-bond donors (Lipinski definition) is 2. The first-order valence-corrected chi connectivity index (χ1v) is 7.05. The fourth-order valence-electron chi connectivity index (χ4n) is 1.58. The van der Waals surface area contributed by atoms with E-state index in [0.29, 0.717) is 0 Å². The van der Waals surface area contributed by atoms with Crippen molar-refractivity contribution >= 4 is 38.9 Å². The van der Waals surface area contributed by atoms with Crippen LogP contribution < -0.4 is 11.1 Å². The minimum absolute atomic E-state index is 0.384. The van der Waals surface area contributed by atoms with E-state index in [1.807, 2.05) is 43.3 Å². The fourth-order valence-corrected chi connectivity index (χ4v) is 3.07. The van der Waals surface area contributed by atoms with Gasteiger partial charge in [0.25, 0.3) is 0 Å². The molecule has 0 fully saturated rings. The van der Waals surface area contributed by atoms with Crippen molar-refractivity contribution in [2.24, 2.45) is 5.73 Å². The summed E-state index contributed by atoms with van der Waals surface area (Å²) in [4.78, 5) is 12.4. The van der Waals surface area contributed by atoms with Gasteiger partial charge in [-0.3, -0.25) is 4.79 Å². The summed E-state index contributed by atoms with van der Waals surface area (Å²) >= 11 is 4.88. The molecule has 1 atom stereocenters. The molecule has 0 saturated heterocycles. The number of nitrogens with two attached hydrogens (primary N) is 1. The molecule has 0 radical (unpaired) electrons. The second kappa shape index (κ2) is 5.54. The first-order valence-electron chi connectivity index (χ1n) is 5.44. The summed E-state index contributed by atoms with van der Waals surface area (Å²) in [5, 5.41) is 3.15. The molecule has 18 heavy (non-hydrogen) atoms. The molecule has 94 valence electrons. The van der Waals surface area contributed by atoms with Crippen LogP contribution in [0.2, 0.25) is 0 Å². The van der Waals surface area contributed by atoms with Gasteiger partial charge >= 0.3 is 0 Å². The largest absolute Gasteiger partial charge is 0.369 e. The SMILES string of the molecule is Cc1ccc(NC(C(N)=O)c2ccc(Br)s2)cc1. The quantitative estimate of drug-likeness (QED) is 0.904. The first-order chi connectivity index (χ1) is 8.56. The Hall–Kier alpha value is -1.33. The van der Waals surface area contributed by atoms with Gasteiger partial charge in [-0.2, -0.15) is 0 Å². The molecule has 0 bridgehead atoms. The summed E-state index contributed by atoms with van der Waals surface area (Å²) in [5.41, 5.74) is 7.50. The van der Waals surface area contributed by atoms with E-state index in [1.165, 1.54) is 16.9 Å². The van der Waals surface area contributed by atoms with Crippen molar-refractivity contribution in [1.82, 2.24) is 0 Å². The van der Waals surface area contributed by atoms with Gasteiger partial charge in [0.05, 0.1) is 3.79 Å². The first kappa shape index (κ1) is 13.1. The number of benzene rings is 1. The monoisotopic (exact) mass is 324 g/mol. The molecule has 1 heterocycles. The van der Waals surface area contributed by atoms with Gasteiger partial charge in [0, 0.05) is 10.6 Å². The Bertz CT molecular complexity index is 550. The molecule has 0 spiro atoms. The van der Waals surface area contributed by atoms with Crippen LogP contribution >= 0.6 is 27.3 Å². The van der Waals surface area contributed by atoms with Gasteiger partial charge in [0.1, 0.15) is 6.04 Å². The Kier molecular flexibility index (Phi) is 4.04. The number of aryl methyl sites for hydroxylation is 1. The van der Waals surface area contributed by atoms with Crippen LogP contribution in [-0.2, 0) is 4.79 Å². The van der Waals surface area contributed by atoms with Crippen LogP contribution in [0.1, 0.15) is 16.5 Å². The molecule has 1 unspecified atom stereocenters. The number of hydrogen-bond acceptors (Lipinski definition) is 3. The van der Waals surface area contributed by atoms with E-state index in [9.17, 15) is 4.79 Å². The Morgan fingerprint density at radius 1 is 1.28 bits per heavy atom. The van der Waals surface area contributed by atoms with Crippen molar-refractivity contribution < 1.29 is 4.79 Å². The number of rotatable bonds is 4. The lowest BCUT2D eigenvalue weighted by Gasteiger charge is -2.15. The molecule has 1 aromatic carbocycles. The molecule has 1 amide bonds. The molecule has 1 aromatic heterocycles. The standard InChI is InChI=1S/C13H13BrN2OS/c1-8-2-4-9(5-3-8)16-12(13(15)17)10-6-7-11(14)18-10/h2-7,12,16H,1H3,(H2,15,17). The number of primary amides is 1. The van der Waals surface area contributed by atoms with Crippen molar-refractivity contribution in [3.8, 4) is 0 Å². The topological polar surface area (TPSA) is 55.1 Å². The number of nitrogens with one attached hydrogen (secondary N) is 1. The molecular weight excluding hydrogens is 312 g/mol.